The molecule has 4 heterocycles. The van der Waals surface area contributed by atoms with Gasteiger partial charge in [0.05, 0.1) is 12.6 Å². The average molecular weight is 329 g/mol. The van der Waals surface area contributed by atoms with E-state index in [2.05, 4.69) is 10.1 Å². The molecule has 8 heteroatoms. The molecule has 0 bridgehead atoms. The molecule has 3 aromatic heterocycles. The summed E-state index contributed by atoms with van der Waals surface area (Å²) < 4.78 is 3.25. The first kappa shape index (κ1) is 14.1. The molecule has 0 unspecified atom stereocenters. The van der Waals surface area contributed by atoms with Crippen LogP contribution in [0.25, 0.3) is 4.96 Å². The Hall–Kier alpha value is -2.48. The van der Waals surface area contributed by atoms with Crippen LogP contribution in [0.1, 0.15) is 23.2 Å². The molecule has 1 aliphatic heterocycles. The molecule has 118 valence electrons. The van der Waals surface area contributed by atoms with E-state index in [0.29, 0.717) is 18.1 Å². The lowest BCUT2D eigenvalue weighted by atomic mass is 10.2. The fourth-order valence-corrected chi connectivity index (χ4v) is 3.72. The Morgan fingerprint density at radius 1 is 1.39 bits per heavy atom. The summed E-state index contributed by atoms with van der Waals surface area (Å²) in [5.41, 5.74) is -0.167. The minimum atomic E-state index is -0.300. The zero-order valence-corrected chi connectivity index (χ0v) is 13.1. The maximum Gasteiger partial charge on any atom is 0.271 e. The van der Waals surface area contributed by atoms with E-state index in [4.69, 9.17) is 0 Å². The Kier molecular flexibility index (Phi) is 3.45. The number of nitrogens with zero attached hydrogens (tertiary/aromatic N) is 5. The summed E-state index contributed by atoms with van der Waals surface area (Å²) in [6.07, 6.45) is 8.52. The second-order valence-electron chi connectivity index (χ2n) is 5.56. The molecule has 0 radical (unpaired) electrons. The van der Waals surface area contributed by atoms with Gasteiger partial charge in [-0.1, -0.05) is 0 Å². The highest BCUT2D eigenvalue weighted by molar-refractivity contribution is 7.15. The fraction of sp³-hybridized carbons (Fsp3) is 0.333. The molecule has 0 aromatic carbocycles. The maximum absolute atomic E-state index is 12.8. The molecule has 3 aromatic rings. The molecule has 1 aliphatic rings. The van der Waals surface area contributed by atoms with E-state index in [-0.39, 0.29) is 23.1 Å². The van der Waals surface area contributed by atoms with Gasteiger partial charge < -0.3 is 4.90 Å². The molecular weight excluding hydrogens is 314 g/mol. The zero-order chi connectivity index (χ0) is 15.8. The molecule has 1 fully saturated rings. The minimum absolute atomic E-state index is 0.0602. The second-order valence-corrected chi connectivity index (χ2v) is 6.43. The third-order valence-electron chi connectivity index (χ3n) is 4.17. The maximum atomic E-state index is 12.8. The van der Waals surface area contributed by atoms with Crippen LogP contribution in [0, 0.1) is 0 Å². The lowest BCUT2D eigenvalue weighted by Gasteiger charge is -2.24. The summed E-state index contributed by atoms with van der Waals surface area (Å²) in [5, 5.41) is 5.99. The number of rotatable bonds is 3. The number of aromatic nitrogens is 4. The highest BCUT2D eigenvalue weighted by Crippen LogP contribution is 2.20. The molecule has 1 amide bonds. The van der Waals surface area contributed by atoms with E-state index >= 15 is 0 Å². The Morgan fingerprint density at radius 3 is 3.13 bits per heavy atom. The number of amides is 1. The number of hydrogen-bond acceptors (Lipinski definition) is 5. The Balaban J connectivity index is 1.64. The number of hydrogen-bond donors (Lipinski definition) is 0. The molecule has 0 spiro atoms. The van der Waals surface area contributed by atoms with Gasteiger partial charge in [-0.2, -0.15) is 5.10 Å². The van der Waals surface area contributed by atoms with E-state index in [1.54, 1.807) is 22.7 Å². The van der Waals surface area contributed by atoms with Crippen molar-refractivity contribution < 1.29 is 4.79 Å². The minimum Gasteiger partial charge on any atom is -0.334 e. The van der Waals surface area contributed by atoms with Crippen molar-refractivity contribution in [3.8, 4) is 0 Å². The predicted octanol–water partition coefficient (Wildman–Crippen LogP) is 1.26. The van der Waals surface area contributed by atoms with Crippen LogP contribution in [0.5, 0.6) is 0 Å². The van der Waals surface area contributed by atoms with Crippen LogP contribution in [0.15, 0.2) is 41.0 Å². The van der Waals surface area contributed by atoms with Crippen LogP contribution in [0.3, 0.4) is 0 Å². The number of carbonyl (C=O) groups is 1. The first-order chi connectivity index (χ1) is 11.2. The van der Waals surface area contributed by atoms with Crippen LogP contribution in [0.4, 0.5) is 0 Å². The van der Waals surface area contributed by atoms with E-state index in [9.17, 15) is 9.59 Å². The van der Waals surface area contributed by atoms with Gasteiger partial charge in [0.15, 0.2) is 4.96 Å². The molecule has 0 N–H and O–H groups in total. The molecule has 4 rings (SSSR count). The third kappa shape index (κ3) is 2.44. The molecule has 23 heavy (non-hydrogen) atoms. The van der Waals surface area contributed by atoms with Gasteiger partial charge in [0, 0.05) is 36.7 Å². The smallest absolute Gasteiger partial charge is 0.271 e. The highest BCUT2D eigenvalue weighted by Gasteiger charge is 2.31. The lowest BCUT2D eigenvalue weighted by Crippen LogP contribution is -2.40. The summed E-state index contributed by atoms with van der Waals surface area (Å²) in [6.45, 7) is 1.31. The van der Waals surface area contributed by atoms with E-state index in [1.165, 1.54) is 21.9 Å². The van der Waals surface area contributed by atoms with Crippen molar-refractivity contribution in [2.24, 2.45) is 0 Å². The van der Waals surface area contributed by atoms with Crippen molar-refractivity contribution in [1.29, 1.82) is 0 Å². The summed E-state index contributed by atoms with van der Waals surface area (Å²) >= 11 is 1.37. The van der Waals surface area contributed by atoms with Crippen LogP contribution in [-0.4, -0.2) is 42.6 Å². The summed E-state index contributed by atoms with van der Waals surface area (Å²) in [7, 11) is 0. The van der Waals surface area contributed by atoms with Crippen molar-refractivity contribution >= 4 is 22.2 Å². The molecular formula is C15H15N5O2S. The van der Waals surface area contributed by atoms with Crippen LogP contribution < -0.4 is 5.56 Å². The first-order valence-electron chi connectivity index (χ1n) is 7.47. The Morgan fingerprint density at radius 2 is 2.30 bits per heavy atom. The number of thiazole rings is 1. The predicted molar refractivity (Wildman–Crippen MR) is 85.6 cm³/mol. The van der Waals surface area contributed by atoms with Gasteiger partial charge in [0.1, 0.15) is 5.56 Å². The highest BCUT2D eigenvalue weighted by atomic mass is 32.1. The standard InChI is InChI=1S/C15H15N5O2S/c21-13(12-9-16-15-20(14(12)22)7-8-23-15)19-6-1-3-11(19)10-18-5-2-4-17-18/h2,4-5,7-9,11H,1,3,6,10H2/t11-/m1/s1. The topological polar surface area (TPSA) is 72.5 Å². The van der Waals surface area contributed by atoms with Gasteiger partial charge in [-0.25, -0.2) is 4.98 Å². The van der Waals surface area contributed by atoms with E-state index in [1.807, 2.05) is 16.9 Å². The molecule has 0 saturated carbocycles. The molecule has 7 nitrogen and oxygen atoms in total. The molecule has 1 atom stereocenters. The van der Waals surface area contributed by atoms with Crippen molar-refractivity contribution in [1.82, 2.24) is 24.1 Å². The normalized spacial score (nSPS) is 17.9. The Labute approximate surface area is 135 Å². The average Bonchev–Trinajstić information content (AvgIpc) is 3.29. The number of fused-ring (bicyclic) bond motifs is 1. The fourth-order valence-electron chi connectivity index (χ4n) is 3.04. The zero-order valence-electron chi connectivity index (χ0n) is 12.3. The SMILES string of the molecule is O=C(c1cnc2sccn2c1=O)N1CCC[C@@H]1Cn1cccn1. The van der Waals surface area contributed by atoms with Gasteiger partial charge >= 0.3 is 0 Å². The van der Waals surface area contributed by atoms with E-state index in [0.717, 1.165) is 12.8 Å². The van der Waals surface area contributed by atoms with Crippen molar-refractivity contribution in [3.05, 3.63) is 52.2 Å². The molecule has 1 saturated heterocycles. The van der Waals surface area contributed by atoms with Gasteiger partial charge in [-0.05, 0) is 18.9 Å². The van der Waals surface area contributed by atoms with Crippen LogP contribution >= 0.6 is 11.3 Å². The summed E-state index contributed by atoms with van der Waals surface area (Å²) in [5.74, 6) is -0.238. The monoisotopic (exact) mass is 329 g/mol. The van der Waals surface area contributed by atoms with Crippen LogP contribution in [0.2, 0.25) is 0 Å². The first-order valence-corrected chi connectivity index (χ1v) is 8.35. The third-order valence-corrected chi connectivity index (χ3v) is 4.94. The molecule has 0 aliphatic carbocycles. The van der Waals surface area contributed by atoms with Gasteiger partial charge in [0.25, 0.3) is 11.5 Å². The largest absolute Gasteiger partial charge is 0.334 e. The Bertz CT molecular complexity index is 898. The summed E-state index contributed by atoms with van der Waals surface area (Å²) in [4.78, 5) is 31.9. The van der Waals surface area contributed by atoms with Gasteiger partial charge in [-0.3, -0.25) is 18.7 Å². The van der Waals surface area contributed by atoms with Gasteiger partial charge in [-0.15, -0.1) is 11.3 Å². The second kappa shape index (κ2) is 5.62. The number of carbonyl (C=O) groups excluding carboxylic acids is 1. The number of likely N-dealkylation sites (tertiary alicyclic amines) is 1. The van der Waals surface area contributed by atoms with Gasteiger partial charge in [0.2, 0.25) is 0 Å². The van der Waals surface area contributed by atoms with Crippen LogP contribution in [-0.2, 0) is 6.54 Å². The van der Waals surface area contributed by atoms with Crippen molar-refractivity contribution in [2.75, 3.05) is 6.54 Å². The summed E-state index contributed by atoms with van der Waals surface area (Å²) in [6, 6.07) is 1.92. The quantitative estimate of drug-likeness (QED) is 0.725. The van der Waals surface area contributed by atoms with Crippen molar-refractivity contribution in [3.63, 3.8) is 0 Å². The van der Waals surface area contributed by atoms with Crippen molar-refractivity contribution in [2.45, 2.75) is 25.4 Å². The van der Waals surface area contributed by atoms with E-state index < -0.39 is 0 Å². The lowest BCUT2D eigenvalue weighted by molar-refractivity contribution is 0.0719.